The van der Waals surface area contributed by atoms with Crippen LogP contribution in [0.4, 0.5) is 0 Å². The van der Waals surface area contributed by atoms with Crippen LogP contribution in [0, 0.1) is 0 Å². The van der Waals surface area contributed by atoms with Gasteiger partial charge in [-0.25, -0.2) is 0 Å². The Bertz CT molecular complexity index is 657. The van der Waals surface area contributed by atoms with Crippen LogP contribution in [0.1, 0.15) is 25.7 Å². The van der Waals surface area contributed by atoms with Crippen molar-refractivity contribution in [1.82, 2.24) is 4.90 Å². The molecule has 0 bridgehead atoms. The van der Waals surface area contributed by atoms with Crippen LogP contribution in [-0.2, 0) is 4.79 Å². The fourth-order valence-electron chi connectivity index (χ4n) is 3.00. The standard InChI is InChI=1S/C19H23NO3/c21-16-10-12-20(13-11-16)19(22)9-4-14-23-18-8-3-6-15-5-1-2-7-17(15)18/h1-3,5-8,16,21H,4,9-14H2. The van der Waals surface area contributed by atoms with E-state index >= 15 is 0 Å². The molecule has 1 N–H and O–H groups in total. The number of ether oxygens (including phenoxy) is 1. The van der Waals surface area contributed by atoms with E-state index in [0.29, 0.717) is 45.4 Å². The molecule has 4 heteroatoms. The summed E-state index contributed by atoms with van der Waals surface area (Å²) in [5, 5.41) is 11.7. The van der Waals surface area contributed by atoms with Gasteiger partial charge in [0.15, 0.2) is 0 Å². The van der Waals surface area contributed by atoms with Crippen molar-refractivity contribution in [1.29, 1.82) is 0 Å². The van der Waals surface area contributed by atoms with Crippen LogP contribution in [-0.4, -0.2) is 41.7 Å². The predicted molar refractivity (Wildman–Crippen MR) is 90.5 cm³/mol. The lowest BCUT2D eigenvalue weighted by Gasteiger charge is -2.29. The SMILES string of the molecule is O=C(CCCOc1cccc2ccccc12)N1CCC(O)CC1. The number of hydrogen-bond acceptors (Lipinski definition) is 3. The minimum Gasteiger partial charge on any atom is -0.493 e. The van der Waals surface area contributed by atoms with Gasteiger partial charge in [0.2, 0.25) is 5.91 Å². The molecule has 1 saturated heterocycles. The minimum absolute atomic E-state index is 0.165. The van der Waals surface area contributed by atoms with Crippen LogP contribution in [0.2, 0.25) is 0 Å². The van der Waals surface area contributed by atoms with Crippen LogP contribution in [0.15, 0.2) is 42.5 Å². The summed E-state index contributed by atoms with van der Waals surface area (Å²) in [4.78, 5) is 14.0. The third kappa shape index (κ3) is 4.02. The first-order chi connectivity index (χ1) is 11.2. The Morgan fingerprint density at radius 2 is 1.87 bits per heavy atom. The molecule has 1 fully saturated rings. The summed E-state index contributed by atoms with van der Waals surface area (Å²) in [5.41, 5.74) is 0. The van der Waals surface area contributed by atoms with Crippen LogP contribution in [0.3, 0.4) is 0 Å². The Kier molecular flexibility index (Phi) is 5.13. The minimum atomic E-state index is -0.242. The van der Waals surface area contributed by atoms with Gasteiger partial charge in [0.05, 0.1) is 12.7 Å². The molecule has 0 spiro atoms. The zero-order valence-electron chi connectivity index (χ0n) is 13.3. The number of fused-ring (bicyclic) bond motifs is 1. The third-order valence-corrected chi connectivity index (χ3v) is 4.36. The van der Waals surface area contributed by atoms with Crippen molar-refractivity contribution in [2.45, 2.75) is 31.8 Å². The second-order valence-electron chi connectivity index (χ2n) is 6.04. The number of carbonyl (C=O) groups excluding carboxylic acids is 1. The molecule has 0 aromatic heterocycles. The normalized spacial score (nSPS) is 15.8. The fourth-order valence-corrected chi connectivity index (χ4v) is 3.00. The van der Waals surface area contributed by atoms with Crippen molar-refractivity contribution in [3.63, 3.8) is 0 Å². The van der Waals surface area contributed by atoms with E-state index in [0.717, 1.165) is 16.5 Å². The molecule has 2 aromatic carbocycles. The number of aliphatic hydroxyl groups excluding tert-OH is 1. The summed E-state index contributed by atoms with van der Waals surface area (Å²) >= 11 is 0. The van der Waals surface area contributed by atoms with Gasteiger partial charge in [-0.1, -0.05) is 36.4 Å². The van der Waals surface area contributed by atoms with E-state index in [2.05, 4.69) is 18.2 Å². The molecule has 4 nitrogen and oxygen atoms in total. The summed E-state index contributed by atoms with van der Waals surface area (Å²) < 4.78 is 5.86. The van der Waals surface area contributed by atoms with Gasteiger partial charge in [0.25, 0.3) is 0 Å². The van der Waals surface area contributed by atoms with Crippen LogP contribution in [0.5, 0.6) is 5.75 Å². The summed E-state index contributed by atoms with van der Waals surface area (Å²) in [7, 11) is 0. The number of nitrogens with zero attached hydrogens (tertiary/aromatic N) is 1. The summed E-state index contributed by atoms with van der Waals surface area (Å²) in [6.07, 6.45) is 2.35. The zero-order chi connectivity index (χ0) is 16.1. The summed E-state index contributed by atoms with van der Waals surface area (Å²) in [5.74, 6) is 1.04. The molecule has 1 amide bonds. The molecule has 0 unspecified atom stereocenters. The lowest BCUT2D eigenvalue weighted by atomic mass is 10.1. The molecule has 122 valence electrons. The van der Waals surface area contributed by atoms with Gasteiger partial charge in [-0.15, -0.1) is 0 Å². The van der Waals surface area contributed by atoms with Gasteiger partial charge in [-0.3, -0.25) is 4.79 Å². The Balaban J connectivity index is 1.47. The van der Waals surface area contributed by atoms with Crippen LogP contribution >= 0.6 is 0 Å². The highest BCUT2D eigenvalue weighted by Gasteiger charge is 2.20. The number of rotatable bonds is 5. The Morgan fingerprint density at radius 3 is 2.70 bits per heavy atom. The molecule has 0 aliphatic carbocycles. The van der Waals surface area contributed by atoms with Gasteiger partial charge in [-0.05, 0) is 30.7 Å². The highest BCUT2D eigenvalue weighted by molar-refractivity contribution is 5.88. The molecule has 1 heterocycles. The third-order valence-electron chi connectivity index (χ3n) is 4.36. The predicted octanol–water partition coefficient (Wildman–Crippen LogP) is 2.98. The number of likely N-dealkylation sites (tertiary alicyclic amines) is 1. The van der Waals surface area contributed by atoms with Crippen molar-refractivity contribution in [2.24, 2.45) is 0 Å². The molecular weight excluding hydrogens is 290 g/mol. The van der Waals surface area contributed by atoms with E-state index in [1.807, 2.05) is 29.2 Å². The molecular formula is C19H23NO3. The lowest BCUT2D eigenvalue weighted by Crippen LogP contribution is -2.40. The quantitative estimate of drug-likeness (QED) is 0.863. The van der Waals surface area contributed by atoms with E-state index < -0.39 is 0 Å². The first-order valence-corrected chi connectivity index (χ1v) is 8.30. The second kappa shape index (κ2) is 7.47. The average molecular weight is 313 g/mol. The summed E-state index contributed by atoms with van der Waals surface area (Å²) in [6, 6.07) is 14.2. The molecule has 1 aliphatic heterocycles. The van der Waals surface area contributed by atoms with Gasteiger partial charge < -0.3 is 14.7 Å². The average Bonchev–Trinajstić information content (AvgIpc) is 2.59. The maximum Gasteiger partial charge on any atom is 0.222 e. The lowest BCUT2D eigenvalue weighted by molar-refractivity contribution is -0.133. The first kappa shape index (κ1) is 15.8. The number of aliphatic hydroxyl groups is 1. The van der Waals surface area contributed by atoms with Gasteiger partial charge >= 0.3 is 0 Å². The number of piperidine rings is 1. The molecule has 0 radical (unpaired) electrons. The molecule has 23 heavy (non-hydrogen) atoms. The van der Waals surface area contributed by atoms with Crippen molar-refractivity contribution < 1.29 is 14.6 Å². The fraction of sp³-hybridized carbons (Fsp3) is 0.421. The molecule has 3 rings (SSSR count). The van der Waals surface area contributed by atoms with Gasteiger partial charge in [-0.2, -0.15) is 0 Å². The molecule has 1 aliphatic rings. The summed E-state index contributed by atoms with van der Waals surface area (Å²) in [6.45, 7) is 1.88. The molecule has 2 aromatic rings. The monoisotopic (exact) mass is 313 g/mol. The van der Waals surface area contributed by atoms with Crippen molar-refractivity contribution in [3.05, 3.63) is 42.5 Å². The molecule has 0 atom stereocenters. The van der Waals surface area contributed by atoms with E-state index in [1.54, 1.807) is 0 Å². The Morgan fingerprint density at radius 1 is 1.13 bits per heavy atom. The first-order valence-electron chi connectivity index (χ1n) is 8.30. The van der Waals surface area contributed by atoms with E-state index in [9.17, 15) is 9.90 Å². The Hall–Kier alpha value is -2.07. The molecule has 0 saturated carbocycles. The van der Waals surface area contributed by atoms with Crippen LogP contribution < -0.4 is 4.74 Å². The van der Waals surface area contributed by atoms with Gasteiger partial charge in [0.1, 0.15) is 5.75 Å². The highest BCUT2D eigenvalue weighted by Crippen LogP contribution is 2.25. The van der Waals surface area contributed by atoms with E-state index in [-0.39, 0.29) is 12.0 Å². The van der Waals surface area contributed by atoms with Crippen molar-refractivity contribution in [2.75, 3.05) is 19.7 Å². The topological polar surface area (TPSA) is 49.8 Å². The van der Waals surface area contributed by atoms with Crippen molar-refractivity contribution >= 4 is 16.7 Å². The van der Waals surface area contributed by atoms with E-state index in [1.165, 1.54) is 0 Å². The maximum absolute atomic E-state index is 12.1. The van der Waals surface area contributed by atoms with Gasteiger partial charge in [0, 0.05) is 24.9 Å². The smallest absolute Gasteiger partial charge is 0.222 e. The number of benzene rings is 2. The largest absolute Gasteiger partial charge is 0.493 e. The highest BCUT2D eigenvalue weighted by atomic mass is 16.5. The van der Waals surface area contributed by atoms with Crippen LogP contribution in [0.25, 0.3) is 10.8 Å². The zero-order valence-corrected chi connectivity index (χ0v) is 13.3. The van der Waals surface area contributed by atoms with E-state index in [4.69, 9.17) is 4.74 Å². The number of hydrogen-bond donors (Lipinski definition) is 1. The Labute approximate surface area is 136 Å². The number of carbonyl (C=O) groups is 1. The second-order valence-corrected chi connectivity index (χ2v) is 6.04. The van der Waals surface area contributed by atoms with Crippen molar-refractivity contribution in [3.8, 4) is 5.75 Å². The number of amides is 1. The maximum atomic E-state index is 12.1.